The van der Waals surface area contributed by atoms with E-state index in [-0.39, 0.29) is 12.5 Å². The number of hydrogen-bond donors (Lipinski definition) is 0. The molecule has 0 atom stereocenters. The number of likely N-dealkylation sites (N-methyl/N-ethyl adjacent to an activating group) is 1. The highest BCUT2D eigenvalue weighted by molar-refractivity contribution is 7.09. The van der Waals surface area contributed by atoms with Crippen LogP contribution in [-0.4, -0.2) is 39.2 Å². The van der Waals surface area contributed by atoms with Gasteiger partial charge in [0.2, 0.25) is 11.9 Å². The number of hydrogen-bond acceptors (Lipinski definition) is 6. The van der Waals surface area contributed by atoms with Gasteiger partial charge in [0.05, 0.1) is 17.1 Å². The summed E-state index contributed by atoms with van der Waals surface area (Å²) in [6.45, 7) is 2.88. The molecule has 0 spiro atoms. The van der Waals surface area contributed by atoms with Crippen LogP contribution >= 0.6 is 11.3 Å². The molecular weight excluding hydrogens is 348 g/mol. The number of para-hydroxylation sites is 1. The first kappa shape index (κ1) is 16.7. The summed E-state index contributed by atoms with van der Waals surface area (Å²) < 4.78 is 1.95. The maximum atomic E-state index is 12.6. The molecule has 3 aromatic rings. The summed E-state index contributed by atoms with van der Waals surface area (Å²) in [6.07, 6.45) is 0.631. The molecule has 26 heavy (non-hydrogen) atoms. The number of benzene rings is 1. The van der Waals surface area contributed by atoms with Crippen molar-refractivity contribution in [2.45, 2.75) is 19.9 Å². The van der Waals surface area contributed by atoms with Crippen LogP contribution in [0.15, 0.2) is 29.6 Å². The van der Waals surface area contributed by atoms with Crippen LogP contribution in [0.1, 0.15) is 22.1 Å². The van der Waals surface area contributed by atoms with E-state index in [1.165, 1.54) is 0 Å². The third-order valence-electron chi connectivity index (χ3n) is 4.65. The SMILES string of the molecule is Cc1nc(Cc2nnc(N3CC(=O)N(C)c4ccccc4C3)n2C)cs1. The Labute approximate surface area is 155 Å². The van der Waals surface area contributed by atoms with Gasteiger partial charge in [-0.05, 0) is 18.6 Å². The molecule has 0 saturated heterocycles. The Balaban J connectivity index is 1.64. The zero-order valence-electron chi connectivity index (χ0n) is 15.0. The van der Waals surface area contributed by atoms with Crippen LogP contribution in [0.25, 0.3) is 0 Å². The normalized spacial score (nSPS) is 14.5. The van der Waals surface area contributed by atoms with Gasteiger partial charge in [-0.2, -0.15) is 0 Å². The standard InChI is InChI=1S/C18H20N6OS/c1-12-19-14(11-26-12)8-16-20-21-18(23(16)3)24-9-13-6-4-5-7-15(13)22(2)17(25)10-24/h4-7,11H,8-10H2,1-3H3. The third kappa shape index (κ3) is 2.96. The minimum atomic E-state index is 0.0367. The molecule has 0 saturated carbocycles. The van der Waals surface area contributed by atoms with Crippen molar-refractivity contribution in [2.24, 2.45) is 7.05 Å². The molecule has 3 heterocycles. The van der Waals surface area contributed by atoms with Gasteiger partial charge in [0.1, 0.15) is 12.4 Å². The first-order valence-electron chi connectivity index (χ1n) is 8.41. The monoisotopic (exact) mass is 368 g/mol. The van der Waals surface area contributed by atoms with E-state index in [1.54, 1.807) is 16.2 Å². The molecule has 8 heteroatoms. The molecule has 1 aromatic carbocycles. The van der Waals surface area contributed by atoms with Crippen LogP contribution in [0.2, 0.25) is 0 Å². The van der Waals surface area contributed by atoms with Crippen molar-refractivity contribution in [3.63, 3.8) is 0 Å². The molecule has 0 aliphatic carbocycles. The van der Waals surface area contributed by atoms with Gasteiger partial charge in [0, 0.05) is 31.7 Å². The molecular formula is C18H20N6OS. The van der Waals surface area contributed by atoms with Gasteiger partial charge in [-0.3, -0.25) is 4.79 Å². The number of rotatable bonds is 3. The van der Waals surface area contributed by atoms with E-state index in [2.05, 4.69) is 15.2 Å². The molecule has 4 rings (SSSR count). The van der Waals surface area contributed by atoms with Crippen molar-refractivity contribution in [3.05, 3.63) is 51.7 Å². The second-order valence-corrected chi connectivity index (χ2v) is 7.51. The first-order chi connectivity index (χ1) is 12.5. The fourth-order valence-corrected chi connectivity index (χ4v) is 3.82. The summed E-state index contributed by atoms with van der Waals surface area (Å²) in [5, 5.41) is 11.8. The number of carbonyl (C=O) groups excluding carboxylic acids is 1. The number of anilines is 2. The number of amides is 1. The predicted octanol–water partition coefficient (Wildman–Crippen LogP) is 2.15. The van der Waals surface area contributed by atoms with Gasteiger partial charge in [0.15, 0.2) is 0 Å². The van der Waals surface area contributed by atoms with Gasteiger partial charge in [-0.1, -0.05) is 18.2 Å². The molecule has 7 nitrogen and oxygen atoms in total. The van der Waals surface area contributed by atoms with Crippen LogP contribution in [-0.2, 0) is 24.8 Å². The van der Waals surface area contributed by atoms with Crippen LogP contribution in [0.5, 0.6) is 0 Å². The Kier molecular flexibility index (Phi) is 4.20. The van der Waals surface area contributed by atoms with E-state index >= 15 is 0 Å². The number of carbonyl (C=O) groups is 1. The Bertz CT molecular complexity index is 962. The molecule has 1 amide bonds. The van der Waals surface area contributed by atoms with Crippen molar-refractivity contribution >= 4 is 28.9 Å². The van der Waals surface area contributed by atoms with E-state index in [0.29, 0.717) is 18.9 Å². The van der Waals surface area contributed by atoms with Crippen LogP contribution in [0, 0.1) is 6.92 Å². The quantitative estimate of drug-likeness (QED) is 0.709. The lowest BCUT2D eigenvalue weighted by Gasteiger charge is -2.20. The van der Waals surface area contributed by atoms with Gasteiger partial charge < -0.3 is 14.4 Å². The molecule has 2 aromatic heterocycles. The van der Waals surface area contributed by atoms with Gasteiger partial charge in [-0.25, -0.2) is 4.98 Å². The smallest absolute Gasteiger partial charge is 0.246 e. The largest absolute Gasteiger partial charge is 0.327 e. The van der Waals surface area contributed by atoms with Crippen molar-refractivity contribution in [1.29, 1.82) is 0 Å². The third-order valence-corrected chi connectivity index (χ3v) is 5.47. The van der Waals surface area contributed by atoms with Gasteiger partial charge in [0.25, 0.3) is 0 Å². The van der Waals surface area contributed by atoms with Gasteiger partial charge in [-0.15, -0.1) is 21.5 Å². The lowest BCUT2D eigenvalue weighted by atomic mass is 10.1. The Morgan fingerprint density at radius 1 is 1.15 bits per heavy atom. The average molecular weight is 368 g/mol. The van der Waals surface area contributed by atoms with Gasteiger partial charge >= 0.3 is 0 Å². The Morgan fingerprint density at radius 2 is 1.96 bits per heavy atom. The molecule has 0 fully saturated rings. The number of fused-ring (bicyclic) bond motifs is 1. The number of nitrogens with zero attached hydrogens (tertiary/aromatic N) is 6. The number of thiazole rings is 1. The molecule has 0 bridgehead atoms. The van der Waals surface area contributed by atoms with Crippen molar-refractivity contribution in [1.82, 2.24) is 19.7 Å². The summed E-state index contributed by atoms with van der Waals surface area (Å²) in [5.41, 5.74) is 3.03. The molecule has 0 N–H and O–H groups in total. The highest BCUT2D eigenvalue weighted by atomic mass is 32.1. The van der Waals surface area contributed by atoms with E-state index in [1.807, 2.05) is 60.1 Å². The fourth-order valence-electron chi connectivity index (χ4n) is 3.21. The van der Waals surface area contributed by atoms with Crippen molar-refractivity contribution in [2.75, 3.05) is 23.4 Å². The molecule has 0 radical (unpaired) electrons. The van der Waals surface area contributed by atoms with E-state index in [0.717, 1.165) is 27.8 Å². The molecule has 1 aliphatic heterocycles. The summed E-state index contributed by atoms with van der Waals surface area (Å²) in [6, 6.07) is 7.97. The van der Waals surface area contributed by atoms with Crippen LogP contribution < -0.4 is 9.80 Å². The van der Waals surface area contributed by atoms with E-state index < -0.39 is 0 Å². The van der Waals surface area contributed by atoms with E-state index in [9.17, 15) is 4.79 Å². The molecule has 0 unspecified atom stereocenters. The zero-order valence-corrected chi connectivity index (χ0v) is 15.8. The Hall–Kier alpha value is -2.74. The van der Waals surface area contributed by atoms with Crippen molar-refractivity contribution in [3.8, 4) is 0 Å². The Morgan fingerprint density at radius 3 is 2.73 bits per heavy atom. The summed E-state index contributed by atoms with van der Waals surface area (Å²) in [7, 11) is 3.76. The average Bonchev–Trinajstić information content (AvgIpc) is 3.17. The van der Waals surface area contributed by atoms with Crippen molar-refractivity contribution < 1.29 is 4.79 Å². The lowest BCUT2D eigenvalue weighted by molar-refractivity contribution is -0.117. The highest BCUT2D eigenvalue weighted by Gasteiger charge is 2.26. The zero-order chi connectivity index (χ0) is 18.3. The second-order valence-electron chi connectivity index (χ2n) is 6.45. The predicted molar refractivity (Wildman–Crippen MR) is 102 cm³/mol. The molecule has 1 aliphatic rings. The number of aryl methyl sites for hydroxylation is 1. The summed E-state index contributed by atoms with van der Waals surface area (Å²) >= 11 is 1.63. The minimum absolute atomic E-state index is 0.0367. The maximum absolute atomic E-state index is 12.6. The molecule has 134 valence electrons. The lowest BCUT2D eigenvalue weighted by Crippen LogP contribution is -2.36. The second kappa shape index (κ2) is 6.53. The minimum Gasteiger partial charge on any atom is -0.327 e. The van der Waals surface area contributed by atoms with Crippen LogP contribution in [0.4, 0.5) is 11.6 Å². The highest BCUT2D eigenvalue weighted by Crippen LogP contribution is 2.27. The first-order valence-corrected chi connectivity index (χ1v) is 9.29. The van der Waals surface area contributed by atoms with E-state index in [4.69, 9.17) is 0 Å². The maximum Gasteiger partial charge on any atom is 0.246 e. The topological polar surface area (TPSA) is 67.2 Å². The number of aromatic nitrogens is 4. The van der Waals surface area contributed by atoms with Crippen LogP contribution in [0.3, 0.4) is 0 Å². The summed E-state index contributed by atoms with van der Waals surface area (Å²) in [4.78, 5) is 20.8. The fraction of sp³-hybridized carbons (Fsp3) is 0.333. The summed E-state index contributed by atoms with van der Waals surface area (Å²) in [5.74, 6) is 1.57.